The molecule has 3 aromatic rings. The average molecular weight is 739 g/mol. The van der Waals surface area contributed by atoms with E-state index in [-0.39, 0.29) is 49.1 Å². The summed E-state index contributed by atoms with van der Waals surface area (Å²) in [6, 6.07) is 9.85. The van der Waals surface area contributed by atoms with Gasteiger partial charge in [0, 0.05) is 74.4 Å². The van der Waals surface area contributed by atoms with Gasteiger partial charge in [-0.1, -0.05) is 18.1 Å². The van der Waals surface area contributed by atoms with Crippen molar-refractivity contribution in [1.82, 2.24) is 19.8 Å². The highest BCUT2D eigenvalue weighted by Gasteiger charge is 2.70. The fourth-order valence-electron chi connectivity index (χ4n) is 10.2. The summed E-state index contributed by atoms with van der Waals surface area (Å²) in [6.45, 7) is 8.92. The number of esters is 1. The molecule has 5 saturated heterocycles. The van der Waals surface area contributed by atoms with Gasteiger partial charge in [-0.15, -0.1) is 6.42 Å². The average Bonchev–Trinajstić information content (AvgIpc) is 3.64. The Morgan fingerprint density at radius 1 is 1.07 bits per heavy atom. The molecule has 0 bridgehead atoms. The maximum Gasteiger partial charge on any atom is 0.327 e. The smallest absolute Gasteiger partial charge is 0.327 e. The van der Waals surface area contributed by atoms with Gasteiger partial charge in [-0.3, -0.25) is 19.4 Å². The molecular weight excluding hydrogens is 691 g/mol. The maximum absolute atomic E-state index is 14.8. The van der Waals surface area contributed by atoms with E-state index in [9.17, 15) is 14.0 Å². The summed E-state index contributed by atoms with van der Waals surface area (Å²) in [6.07, 6.45) is 9.25. The molecule has 0 spiro atoms. The predicted molar refractivity (Wildman–Crippen MR) is 200 cm³/mol. The first-order chi connectivity index (χ1) is 25.9. The number of nitrogens with zero attached hydrogens (tertiary/aromatic N) is 6. The van der Waals surface area contributed by atoms with Crippen LogP contribution >= 0.6 is 0 Å². The zero-order valence-corrected chi connectivity index (χ0v) is 31.4. The van der Waals surface area contributed by atoms with E-state index in [1.165, 1.54) is 0 Å². The van der Waals surface area contributed by atoms with Crippen molar-refractivity contribution in [3.05, 3.63) is 47.2 Å². The number of hydrogen-bond donors (Lipinski definition) is 0. The van der Waals surface area contributed by atoms with Gasteiger partial charge in [-0.25, -0.2) is 4.39 Å². The van der Waals surface area contributed by atoms with Gasteiger partial charge < -0.3 is 28.7 Å². The minimum Gasteiger partial charge on any atom is -0.467 e. The summed E-state index contributed by atoms with van der Waals surface area (Å²) in [5, 5.41) is 1.61. The number of piperazine rings is 1. The van der Waals surface area contributed by atoms with Crippen LogP contribution in [0, 0.1) is 12.3 Å². The second kappa shape index (κ2) is 12.8. The molecule has 284 valence electrons. The van der Waals surface area contributed by atoms with E-state index in [1.54, 1.807) is 12.0 Å². The third-order valence-electron chi connectivity index (χ3n) is 12.3. The maximum atomic E-state index is 14.8. The first-order valence-electron chi connectivity index (χ1n) is 19.1. The van der Waals surface area contributed by atoms with Gasteiger partial charge in [0.15, 0.2) is 6.79 Å². The van der Waals surface area contributed by atoms with Crippen LogP contribution in [-0.4, -0.2) is 120 Å². The van der Waals surface area contributed by atoms with E-state index in [1.807, 2.05) is 51.1 Å². The minimum atomic E-state index is -0.899. The Kier molecular flexibility index (Phi) is 8.34. The van der Waals surface area contributed by atoms with Crippen molar-refractivity contribution >= 4 is 34.2 Å². The normalized spacial score (nSPS) is 28.8. The van der Waals surface area contributed by atoms with E-state index in [0.717, 1.165) is 35.7 Å². The number of amides is 1. The predicted octanol–water partition coefficient (Wildman–Crippen LogP) is 4.50. The van der Waals surface area contributed by atoms with Crippen molar-refractivity contribution in [2.75, 3.05) is 63.0 Å². The highest BCUT2D eigenvalue weighted by Crippen LogP contribution is 2.55. The number of rotatable bonds is 9. The number of alkyl halides is 1. The molecule has 12 nitrogen and oxygen atoms in total. The van der Waals surface area contributed by atoms with E-state index in [4.69, 9.17) is 35.3 Å². The van der Waals surface area contributed by atoms with Crippen molar-refractivity contribution < 1.29 is 32.9 Å². The van der Waals surface area contributed by atoms with Crippen molar-refractivity contribution in [1.29, 1.82) is 0 Å². The van der Waals surface area contributed by atoms with Crippen LogP contribution in [0.2, 0.25) is 0 Å². The molecule has 13 heteroatoms. The number of fused-ring (bicyclic) bond motifs is 3. The highest BCUT2D eigenvalue weighted by atomic mass is 19.1. The Labute approximate surface area is 314 Å². The number of benzene rings is 2. The van der Waals surface area contributed by atoms with Crippen LogP contribution < -0.4 is 19.3 Å². The van der Waals surface area contributed by atoms with Crippen molar-refractivity contribution in [3.63, 3.8) is 0 Å². The molecule has 0 saturated carbocycles. The summed E-state index contributed by atoms with van der Waals surface area (Å²) in [7, 11) is 1.56. The lowest BCUT2D eigenvalue weighted by atomic mass is 9.62. The number of carbonyl (C=O) groups is 2. The molecule has 0 N–H and O–H groups in total. The van der Waals surface area contributed by atoms with E-state index in [0.29, 0.717) is 74.7 Å². The first kappa shape index (κ1) is 35.2. The van der Waals surface area contributed by atoms with Crippen LogP contribution in [-0.2, 0) is 20.7 Å². The number of anilines is 2. The Morgan fingerprint density at radius 3 is 2.61 bits per heavy atom. The third-order valence-corrected chi connectivity index (χ3v) is 12.3. The van der Waals surface area contributed by atoms with Crippen LogP contribution in [0.5, 0.6) is 11.8 Å². The van der Waals surface area contributed by atoms with Crippen molar-refractivity contribution in [2.45, 2.75) is 94.2 Å². The molecule has 4 atom stereocenters. The molecule has 7 heterocycles. The molecule has 1 amide bonds. The van der Waals surface area contributed by atoms with Gasteiger partial charge in [0.1, 0.15) is 41.2 Å². The van der Waals surface area contributed by atoms with Gasteiger partial charge in [0.25, 0.3) is 5.91 Å². The molecule has 2 aromatic carbocycles. The summed E-state index contributed by atoms with van der Waals surface area (Å²) in [4.78, 5) is 46.5. The third kappa shape index (κ3) is 5.59. The quantitative estimate of drug-likeness (QED) is 0.176. The molecule has 6 aliphatic rings. The van der Waals surface area contributed by atoms with Gasteiger partial charge in [0.05, 0.1) is 11.2 Å². The summed E-state index contributed by atoms with van der Waals surface area (Å²) in [5.41, 5.74) is 0.835. The number of aromatic nitrogens is 2. The summed E-state index contributed by atoms with van der Waals surface area (Å²) in [5.74, 6) is 3.59. The zero-order valence-electron chi connectivity index (χ0n) is 31.4. The first-order valence-corrected chi connectivity index (χ1v) is 19.1. The summed E-state index contributed by atoms with van der Waals surface area (Å²) >= 11 is 0. The Bertz CT molecular complexity index is 2070. The number of hydrogen-bond acceptors (Lipinski definition) is 11. The van der Waals surface area contributed by atoms with Crippen LogP contribution in [0.4, 0.5) is 15.9 Å². The molecule has 6 aliphatic heterocycles. The monoisotopic (exact) mass is 738 g/mol. The second-order valence-corrected chi connectivity index (χ2v) is 16.8. The SMILES string of the molecule is C#Cc1cccc2cc(OCOC)cc(N3CCc4c(nc(OC[C@@]56CCCN5C[C@H](F)C6)nc4N4CC5CC6(C(=O)OC(C)(C)C)CC(C4)N56)C3=O)c12. The topological polar surface area (TPSA) is 110 Å². The van der Waals surface area contributed by atoms with Crippen molar-refractivity contribution in [3.8, 4) is 24.1 Å². The molecule has 54 heavy (non-hydrogen) atoms. The molecule has 0 aliphatic carbocycles. The Balaban J connectivity index is 1.07. The van der Waals surface area contributed by atoms with Crippen LogP contribution in [0.3, 0.4) is 0 Å². The van der Waals surface area contributed by atoms with Gasteiger partial charge >= 0.3 is 12.0 Å². The molecule has 5 fully saturated rings. The van der Waals surface area contributed by atoms with E-state index < -0.39 is 22.9 Å². The van der Waals surface area contributed by atoms with Gasteiger partial charge in [-0.05, 0) is 76.9 Å². The fourth-order valence-corrected chi connectivity index (χ4v) is 10.2. The number of methoxy groups -OCH3 is 1. The lowest BCUT2D eigenvalue weighted by Crippen LogP contribution is -2.87. The molecule has 2 unspecified atom stereocenters. The molecular formula is C41H47FN6O6. The van der Waals surface area contributed by atoms with E-state index >= 15 is 0 Å². The number of carbonyl (C=O) groups excluding carboxylic acids is 2. The lowest BCUT2D eigenvalue weighted by Gasteiger charge is -2.72. The number of piperidine rings is 1. The Morgan fingerprint density at radius 2 is 1.87 bits per heavy atom. The van der Waals surface area contributed by atoms with Crippen LogP contribution in [0.15, 0.2) is 30.3 Å². The van der Waals surface area contributed by atoms with E-state index in [2.05, 4.69) is 20.6 Å². The fraction of sp³-hybridized carbons (Fsp3) is 0.561. The number of halogens is 1. The molecule has 1 aromatic heterocycles. The largest absolute Gasteiger partial charge is 0.467 e. The second-order valence-electron chi connectivity index (χ2n) is 16.8. The highest BCUT2D eigenvalue weighted by molar-refractivity contribution is 6.13. The van der Waals surface area contributed by atoms with Crippen LogP contribution in [0.25, 0.3) is 10.8 Å². The Hall–Kier alpha value is -4.51. The summed E-state index contributed by atoms with van der Waals surface area (Å²) < 4.78 is 38.0. The molecule has 0 radical (unpaired) electrons. The minimum absolute atomic E-state index is 0.0457. The zero-order chi connectivity index (χ0) is 37.6. The van der Waals surface area contributed by atoms with Gasteiger partial charge in [0.2, 0.25) is 0 Å². The standard InChI is InChI=1S/C41H47FN6O6/c1-6-25-9-7-10-26-15-30(53-24-51-5)16-32(33(25)26)47-14-11-31-34(36(47)49)43-38(52-23-40-12-8-13-46(40)20-27(42)17-40)44-35(31)45-21-28-18-41(19-29(22-45)48(28)41)37(50)54-39(2,3)4/h1,7,9-10,15-16,27-29H,8,11-14,17-24H2,2-5H3/t27-,28?,29?,40+,41?/m1/s1. The lowest BCUT2D eigenvalue weighted by molar-refractivity contribution is -0.233. The van der Waals surface area contributed by atoms with Crippen molar-refractivity contribution in [2.24, 2.45) is 0 Å². The van der Waals surface area contributed by atoms with Crippen LogP contribution in [0.1, 0.15) is 74.5 Å². The number of terminal acetylenes is 1. The number of ether oxygens (including phenoxy) is 4. The van der Waals surface area contributed by atoms with Gasteiger partial charge in [-0.2, -0.15) is 9.97 Å². The molecule has 9 rings (SSSR count).